The fourth-order valence-corrected chi connectivity index (χ4v) is 3.48. The number of amides is 1. The maximum Gasteiger partial charge on any atom is 0.241 e. The van der Waals surface area contributed by atoms with Gasteiger partial charge in [0.25, 0.3) is 0 Å². The van der Waals surface area contributed by atoms with E-state index in [1.54, 1.807) is 36.1 Å². The summed E-state index contributed by atoms with van der Waals surface area (Å²) in [5.41, 5.74) is 0.991. The lowest BCUT2D eigenvalue weighted by Gasteiger charge is -2.21. The van der Waals surface area contributed by atoms with Crippen LogP contribution in [0.2, 0.25) is 0 Å². The van der Waals surface area contributed by atoms with Crippen molar-refractivity contribution in [1.29, 1.82) is 0 Å². The molecule has 1 fully saturated rings. The third-order valence-electron chi connectivity index (χ3n) is 3.45. The van der Waals surface area contributed by atoms with Gasteiger partial charge < -0.3 is 4.90 Å². The Morgan fingerprint density at radius 3 is 2.30 bits per heavy atom. The molecule has 0 unspecified atom stereocenters. The predicted molar refractivity (Wildman–Crippen MR) is 76.8 cm³/mol. The minimum absolute atomic E-state index is 0.154. The second-order valence-electron chi connectivity index (χ2n) is 5.19. The molecule has 20 heavy (non-hydrogen) atoms. The van der Waals surface area contributed by atoms with Gasteiger partial charge in [0.05, 0.1) is 10.9 Å². The molecule has 1 saturated heterocycles. The van der Waals surface area contributed by atoms with E-state index in [1.165, 1.54) is 0 Å². The molecule has 110 valence electrons. The van der Waals surface area contributed by atoms with Crippen LogP contribution in [0.5, 0.6) is 0 Å². The van der Waals surface area contributed by atoms with Crippen LogP contribution < -0.4 is 4.72 Å². The van der Waals surface area contributed by atoms with Crippen molar-refractivity contribution in [2.75, 3.05) is 13.1 Å². The van der Waals surface area contributed by atoms with Gasteiger partial charge in [0.15, 0.2) is 0 Å². The van der Waals surface area contributed by atoms with Gasteiger partial charge in [-0.15, -0.1) is 0 Å². The number of aryl methyl sites for hydroxylation is 1. The molecule has 5 nitrogen and oxygen atoms in total. The third kappa shape index (κ3) is 3.37. The molecular formula is C14H20N2O3S. The zero-order chi connectivity index (χ0) is 14.8. The van der Waals surface area contributed by atoms with Crippen LogP contribution >= 0.6 is 0 Å². The van der Waals surface area contributed by atoms with Gasteiger partial charge in [0, 0.05) is 13.1 Å². The first-order chi connectivity index (χ1) is 9.40. The van der Waals surface area contributed by atoms with Crippen LogP contribution in [0, 0.1) is 6.92 Å². The molecule has 0 aliphatic carbocycles. The Labute approximate surface area is 120 Å². The summed E-state index contributed by atoms with van der Waals surface area (Å²) >= 11 is 0. The highest BCUT2D eigenvalue weighted by Crippen LogP contribution is 2.13. The maximum atomic E-state index is 12.2. The zero-order valence-corrected chi connectivity index (χ0v) is 12.6. The fraction of sp³-hybridized carbons (Fsp3) is 0.500. The van der Waals surface area contributed by atoms with Crippen molar-refractivity contribution in [2.24, 2.45) is 0 Å². The van der Waals surface area contributed by atoms with Crippen LogP contribution in [0.1, 0.15) is 25.3 Å². The quantitative estimate of drug-likeness (QED) is 0.910. The SMILES string of the molecule is Cc1ccc(S(=O)(=O)N[C@@H](C)C(=O)N2CCCC2)cc1. The van der Waals surface area contributed by atoms with Crippen molar-refractivity contribution in [3.05, 3.63) is 29.8 Å². The minimum atomic E-state index is -3.65. The predicted octanol–water partition coefficient (Wildman–Crippen LogP) is 1.28. The Hall–Kier alpha value is -1.40. The summed E-state index contributed by atoms with van der Waals surface area (Å²) in [4.78, 5) is 14.0. The molecule has 6 heteroatoms. The van der Waals surface area contributed by atoms with E-state index in [0.717, 1.165) is 31.5 Å². The van der Waals surface area contributed by atoms with E-state index in [-0.39, 0.29) is 10.8 Å². The normalized spacial score (nSPS) is 17.2. The van der Waals surface area contributed by atoms with Crippen molar-refractivity contribution in [1.82, 2.24) is 9.62 Å². The van der Waals surface area contributed by atoms with Gasteiger partial charge in [-0.1, -0.05) is 17.7 Å². The molecule has 0 bridgehead atoms. The number of sulfonamides is 1. The van der Waals surface area contributed by atoms with Gasteiger partial charge in [-0.2, -0.15) is 4.72 Å². The van der Waals surface area contributed by atoms with Crippen LogP contribution in [0.15, 0.2) is 29.2 Å². The van der Waals surface area contributed by atoms with E-state index in [0.29, 0.717) is 0 Å². The minimum Gasteiger partial charge on any atom is -0.341 e. The lowest BCUT2D eigenvalue weighted by molar-refractivity contribution is -0.131. The fourth-order valence-electron chi connectivity index (χ4n) is 2.28. The van der Waals surface area contributed by atoms with Crippen LogP contribution in [-0.4, -0.2) is 38.4 Å². The molecule has 0 radical (unpaired) electrons. The number of hydrogen-bond donors (Lipinski definition) is 1. The van der Waals surface area contributed by atoms with E-state index >= 15 is 0 Å². The molecular weight excluding hydrogens is 276 g/mol. The number of benzene rings is 1. The Morgan fingerprint density at radius 1 is 1.20 bits per heavy atom. The van der Waals surface area contributed by atoms with E-state index in [9.17, 15) is 13.2 Å². The molecule has 0 aromatic heterocycles. The molecule has 1 N–H and O–H groups in total. The highest BCUT2D eigenvalue weighted by molar-refractivity contribution is 7.89. The van der Waals surface area contributed by atoms with Crippen molar-refractivity contribution < 1.29 is 13.2 Å². The number of hydrogen-bond acceptors (Lipinski definition) is 3. The van der Waals surface area contributed by atoms with Crippen LogP contribution in [0.4, 0.5) is 0 Å². The molecule has 2 rings (SSSR count). The highest BCUT2D eigenvalue weighted by atomic mass is 32.2. The summed E-state index contributed by atoms with van der Waals surface area (Å²) in [6.45, 7) is 4.92. The molecule has 1 heterocycles. The lowest BCUT2D eigenvalue weighted by atomic mass is 10.2. The molecule has 1 aromatic rings. The van der Waals surface area contributed by atoms with Gasteiger partial charge in [-0.05, 0) is 38.8 Å². The lowest BCUT2D eigenvalue weighted by Crippen LogP contribution is -2.45. The summed E-state index contributed by atoms with van der Waals surface area (Å²) in [5.74, 6) is -0.154. The zero-order valence-electron chi connectivity index (χ0n) is 11.8. The van der Waals surface area contributed by atoms with Crippen molar-refractivity contribution >= 4 is 15.9 Å². The molecule has 0 saturated carbocycles. The Bertz CT molecular complexity index is 575. The topological polar surface area (TPSA) is 66.5 Å². The monoisotopic (exact) mass is 296 g/mol. The molecule has 1 amide bonds. The van der Waals surface area contributed by atoms with E-state index in [2.05, 4.69) is 4.72 Å². The van der Waals surface area contributed by atoms with Crippen LogP contribution in [0.3, 0.4) is 0 Å². The van der Waals surface area contributed by atoms with Crippen molar-refractivity contribution in [2.45, 2.75) is 37.6 Å². The van der Waals surface area contributed by atoms with Gasteiger partial charge in [0.1, 0.15) is 0 Å². The van der Waals surface area contributed by atoms with Crippen LogP contribution in [0.25, 0.3) is 0 Å². The number of carbonyl (C=O) groups excluding carboxylic acids is 1. The number of nitrogens with zero attached hydrogens (tertiary/aromatic N) is 1. The largest absolute Gasteiger partial charge is 0.341 e. The second kappa shape index (κ2) is 5.93. The first-order valence-electron chi connectivity index (χ1n) is 6.78. The van der Waals surface area contributed by atoms with Gasteiger partial charge in [-0.3, -0.25) is 4.79 Å². The Morgan fingerprint density at radius 2 is 1.75 bits per heavy atom. The average Bonchev–Trinajstić information content (AvgIpc) is 2.91. The maximum absolute atomic E-state index is 12.2. The number of rotatable bonds is 4. The first kappa shape index (κ1) is 15.0. The standard InChI is InChI=1S/C14H20N2O3S/c1-11-5-7-13(8-6-11)20(18,19)15-12(2)14(17)16-9-3-4-10-16/h5-8,12,15H,3-4,9-10H2,1-2H3/t12-/m0/s1. The molecule has 1 aromatic carbocycles. The average molecular weight is 296 g/mol. The molecule has 1 atom stereocenters. The van der Waals surface area contributed by atoms with Crippen LogP contribution in [-0.2, 0) is 14.8 Å². The van der Waals surface area contributed by atoms with E-state index < -0.39 is 16.1 Å². The second-order valence-corrected chi connectivity index (χ2v) is 6.90. The third-order valence-corrected chi connectivity index (χ3v) is 5.01. The Balaban J connectivity index is 2.07. The number of carbonyl (C=O) groups is 1. The van der Waals surface area contributed by atoms with Crippen molar-refractivity contribution in [3.8, 4) is 0 Å². The molecule has 1 aliphatic heterocycles. The molecule has 0 spiro atoms. The summed E-state index contributed by atoms with van der Waals surface area (Å²) in [5, 5.41) is 0. The summed E-state index contributed by atoms with van der Waals surface area (Å²) < 4.78 is 26.8. The summed E-state index contributed by atoms with van der Waals surface area (Å²) in [7, 11) is -3.65. The molecule has 1 aliphatic rings. The summed E-state index contributed by atoms with van der Waals surface area (Å²) in [6, 6.07) is 5.83. The number of likely N-dealkylation sites (tertiary alicyclic amines) is 1. The van der Waals surface area contributed by atoms with Crippen molar-refractivity contribution in [3.63, 3.8) is 0 Å². The van der Waals surface area contributed by atoms with Gasteiger partial charge in [-0.25, -0.2) is 8.42 Å². The first-order valence-corrected chi connectivity index (χ1v) is 8.26. The smallest absolute Gasteiger partial charge is 0.241 e. The van der Waals surface area contributed by atoms with E-state index in [4.69, 9.17) is 0 Å². The summed E-state index contributed by atoms with van der Waals surface area (Å²) in [6.07, 6.45) is 1.98. The van der Waals surface area contributed by atoms with E-state index in [1.807, 2.05) is 6.92 Å². The van der Waals surface area contributed by atoms with Gasteiger partial charge in [0.2, 0.25) is 15.9 Å². The number of nitrogens with one attached hydrogen (secondary N) is 1. The Kier molecular flexibility index (Phi) is 4.45. The highest BCUT2D eigenvalue weighted by Gasteiger charge is 2.27. The van der Waals surface area contributed by atoms with Gasteiger partial charge >= 0.3 is 0 Å².